The van der Waals surface area contributed by atoms with Crippen LogP contribution in [-0.4, -0.2) is 112 Å². The van der Waals surface area contributed by atoms with Crippen LogP contribution in [0.1, 0.15) is 70.8 Å². The molecule has 0 amide bonds. The highest BCUT2D eigenvalue weighted by Crippen LogP contribution is 2.58. The molecule has 9 atom stereocenters. The van der Waals surface area contributed by atoms with Crippen molar-refractivity contribution >= 4 is 16.9 Å². The number of carbonyl (C=O) groups excluding carboxylic acids is 1. The molecule has 1 aromatic carbocycles. The van der Waals surface area contributed by atoms with E-state index in [1.54, 1.807) is 19.1 Å². The van der Waals surface area contributed by atoms with Gasteiger partial charge >= 0.3 is 5.97 Å². The third kappa shape index (κ3) is 7.06. The summed E-state index contributed by atoms with van der Waals surface area (Å²) in [6.07, 6.45) is 1.05. The van der Waals surface area contributed by atoms with E-state index >= 15 is 0 Å². The Balaban J connectivity index is 1.53. The molecule has 0 spiro atoms. The van der Waals surface area contributed by atoms with E-state index in [1.807, 2.05) is 0 Å². The number of furan rings is 1. The van der Waals surface area contributed by atoms with Gasteiger partial charge in [-0.1, -0.05) is 26.2 Å². The number of unbranched alkanes of at least 4 members (excludes halogenated alkanes) is 3. The molecule has 7 N–H and O–H groups in total. The number of aryl methyl sites for hydroxylation is 1. The molecule has 2 aromatic rings. The molecule has 0 radical (unpaired) electrons. The van der Waals surface area contributed by atoms with Gasteiger partial charge in [-0.15, -0.1) is 0 Å². The second kappa shape index (κ2) is 16.0. The molecular weight excluding hydrogens is 626 g/mol. The van der Waals surface area contributed by atoms with Crippen molar-refractivity contribution in [2.75, 3.05) is 39.5 Å². The van der Waals surface area contributed by atoms with E-state index in [-0.39, 0.29) is 44.0 Å². The minimum Gasteiger partial charge on any atom is -0.485 e. The molecule has 0 unspecified atom stereocenters. The van der Waals surface area contributed by atoms with Crippen molar-refractivity contribution in [3.8, 4) is 11.5 Å². The molecule has 13 nitrogen and oxygen atoms in total. The fraction of sp³-hybridized carbons (Fsp3) is 0.743. The Labute approximate surface area is 281 Å². The van der Waals surface area contributed by atoms with E-state index in [0.29, 0.717) is 35.9 Å². The van der Waals surface area contributed by atoms with Gasteiger partial charge < -0.3 is 59.3 Å². The average molecular weight is 680 g/mol. The van der Waals surface area contributed by atoms with Gasteiger partial charge in [0, 0.05) is 36.8 Å². The number of esters is 1. The monoisotopic (exact) mass is 679 g/mol. The van der Waals surface area contributed by atoms with Crippen LogP contribution in [0.15, 0.2) is 22.8 Å². The van der Waals surface area contributed by atoms with Crippen molar-refractivity contribution in [3.05, 3.63) is 24.0 Å². The molecule has 3 fully saturated rings. The fourth-order valence-corrected chi connectivity index (χ4v) is 8.13. The minimum atomic E-state index is -2.33. The average Bonchev–Trinajstić information content (AvgIpc) is 3.54. The molecule has 48 heavy (non-hydrogen) atoms. The maximum absolute atomic E-state index is 12.5. The highest BCUT2D eigenvalue weighted by Gasteiger charge is 2.73. The Morgan fingerprint density at radius 2 is 1.88 bits per heavy atom. The lowest BCUT2D eigenvalue weighted by Crippen LogP contribution is -2.81. The lowest BCUT2D eigenvalue weighted by Gasteiger charge is -2.64. The molecule has 2 saturated carbocycles. The van der Waals surface area contributed by atoms with Crippen LogP contribution in [-0.2, 0) is 20.7 Å². The summed E-state index contributed by atoms with van der Waals surface area (Å²) in [6, 6.07) is 3.53. The zero-order valence-electron chi connectivity index (χ0n) is 28.0. The quantitative estimate of drug-likeness (QED) is 0.0944. The van der Waals surface area contributed by atoms with Gasteiger partial charge in [-0.2, -0.15) is 0 Å². The van der Waals surface area contributed by atoms with Crippen LogP contribution in [0.5, 0.6) is 11.5 Å². The predicted molar refractivity (Wildman–Crippen MR) is 173 cm³/mol. The second-order valence-corrected chi connectivity index (χ2v) is 13.5. The van der Waals surface area contributed by atoms with Crippen molar-refractivity contribution in [1.29, 1.82) is 0 Å². The lowest BCUT2D eigenvalue weighted by molar-refractivity contribution is -0.397. The van der Waals surface area contributed by atoms with Crippen molar-refractivity contribution in [2.24, 2.45) is 17.8 Å². The maximum Gasteiger partial charge on any atom is 0.306 e. The summed E-state index contributed by atoms with van der Waals surface area (Å²) < 4.78 is 30.0. The number of fused-ring (bicyclic) bond motifs is 5. The van der Waals surface area contributed by atoms with Crippen molar-refractivity contribution in [2.45, 2.75) is 107 Å². The molecule has 2 heterocycles. The Bertz CT molecular complexity index is 1350. The van der Waals surface area contributed by atoms with Crippen LogP contribution in [0.25, 0.3) is 11.0 Å². The summed E-state index contributed by atoms with van der Waals surface area (Å²) in [4.78, 5) is 12.4. The number of carbonyl (C=O) groups is 1. The van der Waals surface area contributed by atoms with Crippen LogP contribution >= 0.6 is 0 Å². The van der Waals surface area contributed by atoms with Gasteiger partial charge in [-0.3, -0.25) is 4.79 Å². The molecule has 1 aromatic heterocycles. The number of benzene rings is 1. The Hall–Kier alpha value is -2.49. The van der Waals surface area contributed by atoms with E-state index in [2.05, 4.69) is 12.2 Å². The summed E-state index contributed by atoms with van der Waals surface area (Å²) in [6.45, 7) is 4.52. The van der Waals surface area contributed by atoms with Crippen LogP contribution in [0.2, 0.25) is 0 Å². The summed E-state index contributed by atoms with van der Waals surface area (Å²) in [5.41, 5.74) is -3.48. The van der Waals surface area contributed by atoms with Gasteiger partial charge in [-0.25, -0.2) is 0 Å². The van der Waals surface area contributed by atoms with E-state index in [0.717, 1.165) is 25.8 Å². The third-order valence-corrected chi connectivity index (χ3v) is 10.5. The van der Waals surface area contributed by atoms with Crippen molar-refractivity contribution in [3.63, 3.8) is 0 Å². The van der Waals surface area contributed by atoms with Gasteiger partial charge in [0.15, 0.2) is 16.9 Å². The van der Waals surface area contributed by atoms with E-state index < -0.39 is 72.7 Å². The van der Waals surface area contributed by atoms with E-state index in [4.69, 9.17) is 23.4 Å². The highest BCUT2D eigenvalue weighted by molar-refractivity contribution is 5.87. The highest BCUT2D eigenvalue weighted by atomic mass is 16.7. The van der Waals surface area contributed by atoms with Crippen LogP contribution in [0.4, 0.5) is 0 Å². The van der Waals surface area contributed by atoms with Crippen LogP contribution in [0.3, 0.4) is 0 Å². The molecule has 5 rings (SSSR count). The number of ether oxygens (including phenoxy) is 4. The van der Waals surface area contributed by atoms with Crippen LogP contribution < -0.4 is 14.8 Å². The van der Waals surface area contributed by atoms with Gasteiger partial charge in [0.1, 0.15) is 24.4 Å². The first-order valence-electron chi connectivity index (χ1n) is 17.5. The normalized spacial score (nSPS) is 33.0. The minimum absolute atomic E-state index is 0.00717. The lowest BCUT2D eigenvalue weighted by atomic mass is 9.51. The van der Waals surface area contributed by atoms with E-state index in [1.165, 1.54) is 12.7 Å². The van der Waals surface area contributed by atoms with Crippen molar-refractivity contribution < 1.29 is 58.8 Å². The second-order valence-electron chi connectivity index (χ2n) is 13.5. The fourth-order valence-electron chi connectivity index (χ4n) is 8.13. The Kier molecular flexibility index (Phi) is 12.3. The molecule has 13 heteroatoms. The van der Waals surface area contributed by atoms with E-state index in [9.17, 15) is 35.4 Å². The molecule has 2 aliphatic carbocycles. The summed E-state index contributed by atoms with van der Waals surface area (Å²) in [5.74, 6) is -2.33. The third-order valence-electron chi connectivity index (χ3n) is 10.5. The van der Waals surface area contributed by atoms with Crippen molar-refractivity contribution in [1.82, 2.24) is 5.32 Å². The molecule has 2 bridgehead atoms. The molecule has 1 aliphatic heterocycles. The predicted octanol–water partition coefficient (Wildman–Crippen LogP) is 1.80. The van der Waals surface area contributed by atoms with Gasteiger partial charge in [-0.05, 0) is 69.2 Å². The number of aliphatic hydroxyl groups is 6. The standard InChI is InChI=1S/C35H53NO12/c1-3-5-6-7-13-36-14-16-46-31-29-22(12-15-45-29)17-21(9-11-27(40)44-4-2)30(31)48-33-35(43)28-23(8-10-25(39)24(28)19-37)18-34(42,32(35)41)26(20-38)47-33/h12,15,17,23-26,28,32-33,36-39,41-43H,3-11,13-14,16,18-20H2,1-2H3/t23-,24+,25+,26+,28+,32-,33+,34+,35-/m0/s1. The molecule has 270 valence electrons. The zero-order chi connectivity index (χ0) is 34.5. The topological polar surface area (TPSA) is 201 Å². The Morgan fingerprint density at radius 1 is 1.06 bits per heavy atom. The van der Waals surface area contributed by atoms with Gasteiger partial charge in [0.25, 0.3) is 0 Å². The Morgan fingerprint density at radius 3 is 2.60 bits per heavy atom. The largest absolute Gasteiger partial charge is 0.485 e. The number of aliphatic hydroxyl groups excluding tert-OH is 4. The van der Waals surface area contributed by atoms with Crippen LogP contribution in [0, 0.1) is 17.8 Å². The smallest absolute Gasteiger partial charge is 0.306 e. The van der Waals surface area contributed by atoms with Gasteiger partial charge in [0.05, 0.1) is 25.6 Å². The van der Waals surface area contributed by atoms with Gasteiger partial charge in [0.2, 0.25) is 12.0 Å². The maximum atomic E-state index is 12.5. The summed E-state index contributed by atoms with van der Waals surface area (Å²) >= 11 is 0. The summed E-state index contributed by atoms with van der Waals surface area (Å²) in [5, 5.41) is 71.6. The zero-order valence-corrected chi connectivity index (χ0v) is 28.0. The number of hydrogen-bond donors (Lipinski definition) is 7. The first-order chi connectivity index (χ1) is 23.1. The molecule has 1 saturated heterocycles. The first-order valence-corrected chi connectivity index (χ1v) is 17.5. The SMILES string of the molecule is CCCCCCNCCOc1c(O[C@H]2O[C@H](CO)[C@]3(O)C[C@@H]4CC[C@@H](O)[C@@H](CO)[C@@H]4[C@]2(O)[C@H]3O)c(CCC(=O)OCC)cc2ccoc12. The number of nitrogens with one attached hydrogen (secondary N) is 1. The first kappa shape index (κ1) is 36.8. The summed E-state index contributed by atoms with van der Waals surface area (Å²) in [7, 11) is 0. The molecule has 3 aliphatic rings. The molecular formula is C35H53NO12. The number of hydrogen-bond acceptors (Lipinski definition) is 13. The number of rotatable bonds is 17.